The fourth-order valence-corrected chi connectivity index (χ4v) is 2.56. The van der Waals surface area contributed by atoms with E-state index in [9.17, 15) is 4.79 Å². The minimum atomic E-state index is 0.211. The third kappa shape index (κ3) is 3.78. The van der Waals surface area contributed by atoms with E-state index in [-0.39, 0.29) is 11.8 Å². The molecule has 0 heterocycles. The molecule has 2 atom stereocenters. The molecule has 0 bridgehead atoms. The van der Waals surface area contributed by atoms with Crippen molar-refractivity contribution in [3.05, 3.63) is 0 Å². The van der Waals surface area contributed by atoms with Crippen LogP contribution < -0.4 is 11.1 Å². The maximum atomic E-state index is 12.0. The lowest BCUT2D eigenvalue weighted by Crippen LogP contribution is -2.40. The molecule has 1 rings (SSSR count). The van der Waals surface area contributed by atoms with E-state index in [2.05, 4.69) is 19.2 Å². The quantitative estimate of drug-likeness (QED) is 0.754. The summed E-state index contributed by atoms with van der Waals surface area (Å²) in [6, 6.07) is 0.353. The van der Waals surface area contributed by atoms with Crippen LogP contribution in [0.5, 0.6) is 0 Å². The highest BCUT2D eigenvalue weighted by atomic mass is 16.1. The van der Waals surface area contributed by atoms with E-state index in [1.165, 1.54) is 6.42 Å². The maximum Gasteiger partial charge on any atom is 0.223 e. The first-order valence-corrected chi connectivity index (χ1v) is 6.71. The SMILES string of the molecule is CCC(CC)NC(=O)C1CCCC(CN)C1. The number of carbonyl (C=O) groups excluding carboxylic acids is 1. The van der Waals surface area contributed by atoms with Gasteiger partial charge in [0, 0.05) is 12.0 Å². The number of nitrogens with two attached hydrogens (primary N) is 1. The molecule has 0 saturated heterocycles. The molecule has 0 aromatic carbocycles. The Hall–Kier alpha value is -0.570. The van der Waals surface area contributed by atoms with E-state index < -0.39 is 0 Å². The minimum Gasteiger partial charge on any atom is -0.353 e. The van der Waals surface area contributed by atoms with Gasteiger partial charge in [-0.15, -0.1) is 0 Å². The molecule has 1 amide bonds. The van der Waals surface area contributed by atoms with Gasteiger partial charge in [-0.3, -0.25) is 4.79 Å². The van der Waals surface area contributed by atoms with Gasteiger partial charge in [-0.1, -0.05) is 20.3 Å². The third-order valence-electron chi connectivity index (χ3n) is 3.82. The van der Waals surface area contributed by atoms with E-state index in [4.69, 9.17) is 5.73 Å². The van der Waals surface area contributed by atoms with Crippen molar-refractivity contribution in [2.45, 2.75) is 58.4 Å². The van der Waals surface area contributed by atoms with Crippen LogP contribution in [0.1, 0.15) is 52.4 Å². The molecule has 3 N–H and O–H groups in total. The standard InChI is InChI=1S/C13H26N2O/c1-3-12(4-2)15-13(16)11-7-5-6-10(8-11)9-14/h10-12H,3-9,14H2,1-2H3,(H,15,16). The number of nitrogens with one attached hydrogen (secondary N) is 1. The van der Waals surface area contributed by atoms with E-state index in [1.807, 2.05) is 0 Å². The number of hydrogen-bond acceptors (Lipinski definition) is 2. The zero-order chi connectivity index (χ0) is 12.0. The van der Waals surface area contributed by atoms with Crippen molar-refractivity contribution in [2.24, 2.45) is 17.6 Å². The van der Waals surface area contributed by atoms with Gasteiger partial charge in [0.1, 0.15) is 0 Å². The van der Waals surface area contributed by atoms with Gasteiger partial charge in [-0.05, 0) is 44.6 Å². The van der Waals surface area contributed by atoms with Crippen LogP contribution in [0.25, 0.3) is 0 Å². The van der Waals surface area contributed by atoms with E-state index in [1.54, 1.807) is 0 Å². The monoisotopic (exact) mass is 226 g/mol. The van der Waals surface area contributed by atoms with Gasteiger partial charge in [0.25, 0.3) is 0 Å². The van der Waals surface area contributed by atoms with Crippen LogP contribution in [0.15, 0.2) is 0 Å². The molecule has 16 heavy (non-hydrogen) atoms. The molecule has 1 fully saturated rings. The zero-order valence-corrected chi connectivity index (χ0v) is 10.7. The molecule has 0 aliphatic heterocycles. The number of amides is 1. The molecule has 0 radical (unpaired) electrons. The summed E-state index contributed by atoms with van der Waals surface area (Å²) in [5, 5.41) is 3.15. The molecule has 1 aliphatic carbocycles. The molecule has 0 aromatic rings. The summed E-state index contributed by atoms with van der Waals surface area (Å²) in [6.45, 7) is 4.98. The largest absolute Gasteiger partial charge is 0.353 e. The summed E-state index contributed by atoms with van der Waals surface area (Å²) in [7, 11) is 0. The summed E-state index contributed by atoms with van der Waals surface area (Å²) < 4.78 is 0. The average Bonchev–Trinajstić information content (AvgIpc) is 2.35. The van der Waals surface area contributed by atoms with Crippen LogP contribution >= 0.6 is 0 Å². The van der Waals surface area contributed by atoms with Crippen molar-refractivity contribution >= 4 is 5.91 Å². The molecule has 3 heteroatoms. The Morgan fingerprint density at radius 1 is 1.38 bits per heavy atom. The predicted octanol–water partition coefficient (Wildman–Crippen LogP) is 2.06. The average molecular weight is 226 g/mol. The lowest BCUT2D eigenvalue weighted by molar-refractivity contribution is -0.127. The highest BCUT2D eigenvalue weighted by molar-refractivity contribution is 5.79. The maximum absolute atomic E-state index is 12.0. The van der Waals surface area contributed by atoms with Crippen LogP contribution in [-0.2, 0) is 4.79 Å². The first-order chi connectivity index (χ1) is 7.71. The van der Waals surface area contributed by atoms with Gasteiger partial charge in [-0.2, -0.15) is 0 Å². The Labute approximate surface area is 99.2 Å². The molecular weight excluding hydrogens is 200 g/mol. The van der Waals surface area contributed by atoms with E-state index >= 15 is 0 Å². The molecule has 2 unspecified atom stereocenters. The van der Waals surface area contributed by atoms with Crippen molar-refractivity contribution < 1.29 is 4.79 Å². The Balaban J connectivity index is 2.40. The first kappa shape index (κ1) is 13.5. The normalized spacial score (nSPS) is 25.8. The lowest BCUT2D eigenvalue weighted by atomic mass is 9.81. The van der Waals surface area contributed by atoms with Gasteiger partial charge in [0.15, 0.2) is 0 Å². The minimum absolute atomic E-state index is 0.211. The van der Waals surface area contributed by atoms with E-state index in [0.717, 1.165) is 38.6 Å². The second kappa shape index (κ2) is 6.89. The van der Waals surface area contributed by atoms with Crippen molar-refractivity contribution in [1.82, 2.24) is 5.32 Å². The van der Waals surface area contributed by atoms with Crippen LogP contribution in [0.4, 0.5) is 0 Å². The summed E-state index contributed by atoms with van der Waals surface area (Å²) in [4.78, 5) is 12.0. The second-order valence-corrected chi connectivity index (χ2v) is 4.99. The molecule has 1 saturated carbocycles. The summed E-state index contributed by atoms with van der Waals surface area (Å²) >= 11 is 0. The molecular formula is C13H26N2O. The summed E-state index contributed by atoms with van der Waals surface area (Å²) in [5.74, 6) is 1.03. The first-order valence-electron chi connectivity index (χ1n) is 6.71. The van der Waals surface area contributed by atoms with Crippen LogP contribution in [0, 0.1) is 11.8 Å². The molecule has 0 aromatic heterocycles. The van der Waals surface area contributed by atoms with Gasteiger partial charge < -0.3 is 11.1 Å². The Morgan fingerprint density at radius 2 is 2.06 bits per heavy atom. The molecule has 94 valence electrons. The molecule has 0 spiro atoms. The lowest BCUT2D eigenvalue weighted by Gasteiger charge is -2.28. The number of rotatable bonds is 5. The number of hydrogen-bond donors (Lipinski definition) is 2. The van der Waals surface area contributed by atoms with Crippen LogP contribution in [0.2, 0.25) is 0 Å². The van der Waals surface area contributed by atoms with Gasteiger partial charge in [0.05, 0.1) is 0 Å². The Kier molecular flexibility index (Phi) is 5.81. The van der Waals surface area contributed by atoms with Crippen molar-refractivity contribution in [3.8, 4) is 0 Å². The van der Waals surface area contributed by atoms with Gasteiger partial charge in [-0.25, -0.2) is 0 Å². The van der Waals surface area contributed by atoms with Gasteiger partial charge >= 0.3 is 0 Å². The third-order valence-corrected chi connectivity index (χ3v) is 3.82. The smallest absolute Gasteiger partial charge is 0.223 e. The fourth-order valence-electron chi connectivity index (χ4n) is 2.56. The van der Waals surface area contributed by atoms with Crippen molar-refractivity contribution in [1.29, 1.82) is 0 Å². The topological polar surface area (TPSA) is 55.1 Å². The fraction of sp³-hybridized carbons (Fsp3) is 0.923. The number of carbonyl (C=O) groups is 1. The highest BCUT2D eigenvalue weighted by Crippen LogP contribution is 2.28. The van der Waals surface area contributed by atoms with E-state index in [0.29, 0.717) is 12.0 Å². The Bertz CT molecular complexity index is 214. The molecule has 3 nitrogen and oxygen atoms in total. The summed E-state index contributed by atoms with van der Waals surface area (Å²) in [6.07, 6.45) is 6.43. The molecule has 1 aliphatic rings. The van der Waals surface area contributed by atoms with Crippen molar-refractivity contribution in [2.75, 3.05) is 6.54 Å². The van der Waals surface area contributed by atoms with Crippen LogP contribution in [0.3, 0.4) is 0 Å². The zero-order valence-electron chi connectivity index (χ0n) is 10.7. The summed E-state index contributed by atoms with van der Waals surface area (Å²) in [5.41, 5.74) is 5.69. The second-order valence-electron chi connectivity index (χ2n) is 4.99. The van der Waals surface area contributed by atoms with Crippen LogP contribution in [-0.4, -0.2) is 18.5 Å². The Morgan fingerprint density at radius 3 is 2.62 bits per heavy atom. The highest BCUT2D eigenvalue weighted by Gasteiger charge is 2.27. The van der Waals surface area contributed by atoms with Gasteiger partial charge in [0.2, 0.25) is 5.91 Å². The van der Waals surface area contributed by atoms with Crippen molar-refractivity contribution in [3.63, 3.8) is 0 Å². The predicted molar refractivity (Wildman–Crippen MR) is 67.0 cm³/mol.